The summed E-state index contributed by atoms with van der Waals surface area (Å²) in [6.07, 6.45) is 5.18. The smallest absolute Gasteiger partial charge is 0.226 e. The molecule has 0 aromatic heterocycles. The van der Waals surface area contributed by atoms with E-state index in [9.17, 15) is 9.18 Å². The third kappa shape index (κ3) is 3.91. The molecule has 1 aliphatic carbocycles. The van der Waals surface area contributed by atoms with Gasteiger partial charge in [0.1, 0.15) is 5.82 Å². The molecule has 0 spiro atoms. The van der Waals surface area contributed by atoms with Gasteiger partial charge >= 0.3 is 0 Å². The van der Waals surface area contributed by atoms with Gasteiger partial charge in [-0.05, 0) is 31.0 Å². The third-order valence-electron chi connectivity index (χ3n) is 3.56. The van der Waals surface area contributed by atoms with E-state index in [0.717, 1.165) is 25.7 Å². The Labute approximate surface area is 117 Å². The van der Waals surface area contributed by atoms with Crippen LogP contribution in [0.1, 0.15) is 38.5 Å². The van der Waals surface area contributed by atoms with Crippen molar-refractivity contribution in [1.29, 1.82) is 0 Å². The van der Waals surface area contributed by atoms with E-state index in [-0.39, 0.29) is 18.0 Å². The van der Waals surface area contributed by atoms with Crippen molar-refractivity contribution in [2.75, 3.05) is 5.32 Å². The number of hydrogen-bond donors (Lipinski definition) is 2. The van der Waals surface area contributed by atoms with Crippen molar-refractivity contribution in [3.63, 3.8) is 0 Å². The quantitative estimate of drug-likeness (QED) is 0.893. The summed E-state index contributed by atoms with van der Waals surface area (Å²) in [5.74, 6) is -0.752. The minimum absolute atomic E-state index is 0.108. The minimum Gasteiger partial charge on any atom is -0.325 e. The van der Waals surface area contributed by atoms with Crippen LogP contribution < -0.4 is 11.1 Å². The highest BCUT2D eigenvalue weighted by Gasteiger charge is 2.30. The van der Waals surface area contributed by atoms with Crippen molar-refractivity contribution >= 4 is 23.2 Å². The second kappa shape index (κ2) is 5.88. The summed E-state index contributed by atoms with van der Waals surface area (Å²) in [6, 6.07) is 4.08. The molecule has 1 aromatic carbocycles. The zero-order valence-electron chi connectivity index (χ0n) is 10.7. The van der Waals surface area contributed by atoms with Gasteiger partial charge in [-0.15, -0.1) is 0 Å². The lowest BCUT2D eigenvalue weighted by molar-refractivity contribution is -0.117. The standard InChI is InChI=1S/C14H18ClFN2O/c15-10-4-5-11(16)12(8-10)18-13(19)9-14(17)6-2-1-3-7-14/h4-5,8H,1-3,6-7,9,17H2,(H,18,19). The van der Waals surface area contributed by atoms with E-state index in [0.29, 0.717) is 5.02 Å². The van der Waals surface area contributed by atoms with E-state index in [1.807, 2.05) is 0 Å². The highest BCUT2D eigenvalue weighted by Crippen LogP contribution is 2.29. The number of halogens is 2. The molecule has 0 unspecified atom stereocenters. The summed E-state index contributed by atoms with van der Waals surface area (Å²) in [5.41, 5.74) is 5.86. The first-order valence-corrected chi connectivity index (χ1v) is 6.90. The molecule has 3 nitrogen and oxygen atoms in total. The molecule has 3 N–H and O–H groups in total. The van der Waals surface area contributed by atoms with Crippen LogP contribution >= 0.6 is 11.6 Å². The molecule has 1 aromatic rings. The highest BCUT2D eigenvalue weighted by molar-refractivity contribution is 6.30. The van der Waals surface area contributed by atoms with Gasteiger partial charge in [0.2, 0.25) is 5.91 Å². The van der Waals surface area contributed by atoms with Crippen LogP contribution in [-0.4, -0.2) is 11.4 Å². The average Bonchev–Trinajstić information content (AvgIpc) is 2.34. The second-order valence-electron chi connectivity index (χ2n) is 5.27. The molecule has 1 saturated carbocycles. The van der Waals surface area contributed by atoms with Crippen molar-refractivity contribution in [2.24, 2.45) is 5.73 Å². The largest absolute Gasteiger partial charge is 0.325 e. The van der Waals surface area contributed by atoms with Crippen LogP contribution in [0.2, 0.25) is 5.02 Å². The fourth-order valence-electron chi connectivity index (χ4n) is 2.54. The first-order valence-electron chi connectivity index (χ1n) is 6.52. The molecular formula is C14H18ClFN2O. The van der Waals surface area contributed by atoms with Gasteiger partial charge in [-0.25, -0.2) is 4.39 Å². The van der Waals surface area contributed by atoms with Gasteiger partial charge in [-0.1, -0.05) is 30.9 Å². The number of nitrogens with one attached hydrogen (secondary N) is 1. The first-order chi connectivity index (χ1) is 8.98. The Morgan fingerprint density at radius 1 is 1.37 bits per heavy atom. The number of benzene rings is 1. The van der Waals surface area contributed by atoms with Crippen molar-refractivity contribution in [3.05, 3.63) is 29.0 Å². The molecule has 0 atom stereocenters. The monoisotopic (exact) mass is 284 g/mol. The Kier molecular flexibility index (Phi) is 4.42. The molecule has 19 heavy (non-hydrogen) atoms. The van der Waals surface area contributed by atoms with E-state index >= 15 is 0 Å². The van der Waals surface area contributed by atoms with E-state index < -0.39 is 11.4 Å². The van der Waals surface area contributed by atoms with E-state index in [2.05, 4.69) is 5.32 Å². The topological polar surface area (TPSA) is 55.1 Å². The van der Waals surface area contributed by atoms with Gasteiger partial charge in [0.15, 0.2) is 0 Å². The maximum atomic E-state index is 13.5. The van der Waals surface area contributed by atoms with Gasteiger partial charge in [0.25, 0.3) is 0 Å². The molecule has 1 amide bonds. The summed E-state index contributed by atoms with van der Waals surface area (Å²) in [4.78, 5) is 11.9. The lowest BCUT2D eigenvalue weighted by Gasteiger charge is -2.32. The maximum absolute atomic E-state index is 13.5. The number of nitrogens with two attached hydrogens (primary N) is 1. The van der Waals surface area contributed by atoms with Gasteiger partial charge in [-0.2, -0.15) is 0 Å². The second-order valence-corrected chi connectivity index (χ2v) is 5.71. The van der Waals surface area contributed by atoms with Crippen LogP contribution in [0.3, 0.4) is 0 Å². The first kappa shape index (κ1) is 14.3. The fraction of sp³-hybridized carbons (Fsp3) is 0.500. The highest BCUT2D eigenvalue weighted by atomic mass is 35.5. The number of hydrogen-bond acceptors (Lipinski definition) is 2. The fourth-order valence-corrected chi connectivity index (χ4v) is 2.71. The molecule has 0 heterocycles. The van der Waals surface area contributed by atoms with E-state index in [1.165, 1.54) is 24.6 Å². The van der Waals surface area contributed by atoms with Crippen LogP contribution in [0.5, 0.6) is 0 Å². The Morgan fingerprint density at radius 2 is 2.05 bits per heavy atom. The number of rotatable bonds is 3. The van der Waals surface area contributed by atoms with Crippen LogP contribution in [-0.2, 0) is 4.79 Å². The zero-order chi connectivity index (χ0) is 13.9. The third-order valence-corrected chi connectivity index (χ3v) is 3.80. The molecule has 5 heteroatoms. The normalized spacial score (nSPS) is 18.1. The van der Waals surface area contributed by atoms with E-state index in [1.54, 1.807) is 0 Å². The molecule has 2 rings (SSSR count). The molecule has 0 saturated heterocycles. The molecule has 1 fully saturated rings. The number of carbonyl (C=O) groups is 1. The Bertz CT molecular complexity index is 473. The number of carbonyl (C=O) groups excluding carboxylic acids is 1. The van der Waals surface area contributed by atoms with Gasteiger partial charge in [0.05, 0.1) is 5.69 Å². The van der Waals surface area contributed by atoms with Crippen LogP contribution in [0.4, 0.5) is 10.1 Å². The summed E-state index contributed by atoms with van der Waals surface area (Å²) in [6.45, 7) is 0. The Balaban J connectivity index is 1.99. The Hall–Kier alpha value is -1.13. The lowest BCUT2D eigenvalue weighted by atomic mass is 9.80. The molecule has 0 radical (unpaired) electrons. The van der Waals surface area contributed by atoms with Crippen molar-refractivity contribution in [2.45, 2.75) is 44.1 Å². The molecule has 104 valence electrons. The Morgan fingerprint density at radius 3 is 2.74 bits per heavy atom. The lowest BCUT2D eigenvalue weighted by Crippen LogP contribution is -2.44. The summed E-state index contributed by atoms with van der Waals surface area (Å²) in [5, 5.41) is 2.93. The predicted octanol–water partition coefficient (Wildman–Crippen LogP) is 3.47. The van der Waals surface area contributed by atoms with Crippen LogP contribution in [0, 0.1) is 5.82 Å². The van der Waals surface area contributed by atoms with Gasteiger partial charge < -0.3 is 11.1 Å². The minimum atomic E-state index is -0.493. The zero-order valence-corrected chi connectivity index (χ0v) is 11.5. The van der Waals surface area contributed by atoms with Crippen molar-refractivity contribution in [1.82, 2.24) is 0 Å². The molecule has 0 aliphatic heterocycles. The maximum Gasteiger partial charge on any atom is 0.226 e. The molecule has 0 bridgehead atoms. The summed E-state index contributed by atoms with van der Waals surface area (Å²) in [7, 11) is 0. The number of amides is 1. The van der Waals surface area contributed by atoms with Crippen molar-refractivity contribution in [3.8, 4) is 0 Å². The van der Waals surface area contributed by atoms with E-state index in [4.69, 9.17) is 17.3 Å². The van der Waals surface area contributed by atoms with Gasteiger partial charge in [0, 0.05) is 17.0 Å². The average molecular weight is 285 g/mol. The van der Waals surface area contributed by atoms with Crippen LogP contribution in [0.25, 0.3) is 0 Å². The summed E-state index contributed by atoms with van der Waals surface area (Å²) >= 11 is 5.78. The predicted molar refractivity (Wildman–Crippen MR) is 74.7 cm³/mol. The molecule has 1 aliphatic rings. The van der Waals surface area contributed by atoms with Gasteiger partial charge in [-0.3, -0.25) is 4.79 Å². The van der Waals surface area contributed by atoms with Crippen LogP contribution in [0.15, 0.2) is 18.2 Å². The molecular weight excluding hydrogens is 267 g/mol. The van der Waals surface area contributed by atoms with Crippen molar-refractivity contribution < 1.29 is 9.18 Å². The SMILES string of the molecule is NC1(CC(=O)Nc2cc(Cl)ccc2F)CCCCC1. The summed E-state index contributed by atoms with van der Waals surface area (Å²) < 4.78 is 13.5. The number of anilines is 1.